The van der Waals surface area contributed by atoms with Crippen molar-refractivity contribution in [2.24, 2.45) is 0 Å². The van der Waals surface area contributed by atoms with Gasteiger partial charge in [-0.1, -0.05) is 129 Å². The van der Waals surface area contributed by atoms with E-state index in [0.717, 1.165) is 0 Å². The van der Waals surface area contributed by atoms with Crippen LogP contribution in [0.2, 0.25) is 0 Å². The van der Waals surface area contributed by atoms with Gasteiger partial charge in [-0.15, -0.1) is 22.7 Å². The van der Waals surface area contributed by atoms with Gasteiger partial charge >= 0.3 is 0 Å². The SMILES string of the molecule is CCCCCCCCCCC/C(=C(/CCCCCCCCCCC)c1cccs1)c1cccs1. The van der Waals surface area contributed by atoms with Crippen molar-refractivity contribution in [1.82, 2.24) is 0 Å². The number of allylic oxidation sites excluding steroid dienone is 2. The first kappa shape index (κ1) is 29.4. The van der Waals surface area contributed by atoms with Crippen LogP contribution in [0.1, 0.15) is 152 Å². The molecule has 0 spiro atoms. The molecule has 0 aliphatic rings. The molecule has 0 fully saturated rings. The van der Waals surface area contributed by atoms with Crippen molar-refractivity contribution in [2.75, 3.05) is 0 Å². The summed E-state index contributed by atoms with van der Waals surface area (Å²) < 4.78 is 0. The van der Waals surface area contributed by atoms with Crippen molar-refractivity contribution in [2.45, 2.75) is 142 Å². The molecule has 34 heavy (non-hydrogen) atoms. The van der Waals surface area contributed by atoms with Gasteiger partial charge in [0.25, 0.3) is 0 Å². The van der Waals surface area contributed by atoms with Crippen molar-refractivity contribution in [1.29, 1.82) is 0 Å². The molecular weight excluding hydrogens is 448 g/mol. The smallest absolute Gasteiger partial charge is 0.0305 e. The Bertz CT molecular complexity index is 646. The fourth-order valence-electron chi connectivity index (χ4n) is 4.97. The third kappa shape index (κ3) is 12.7. The van der Waals surface area contributed by atoms with E-state index in [9.17, 15) is 0 Å². The molecular formula is C32H52S2. The van der Waals surface area contributed by atoms with Gasteiger partial charge in [-0.25, -0.2) is 0 Å². The Kier molecular flexibility index (Phi) is 17.6. The van der Waals surface area contributed by atoms with Gasteiger partial charge in [0.1, 0.15) is 0 Å². The molecule has 0 N–H and O–H groups in total. The minimum atomic E-state index is 1.25. The number of hydrogen-bond acceptors (Lipinski definition) is 2. The molecule has 2 aromatic heterocycles. The third-order valence-electron chi connectivity index (χ3n) is 7.06. The highest BCUT2D eigenvalue weighted by Crippen LogP contribution is 2.38. The Labute approximate surface area is 220 Å². The number of unbranched alkanes of at least 4 members (excludes halogenated alkanes) is 16. The van der Waals surface area contributed by atoms with E-state index in [-0.39, 0.29) is 0 Å². The summed E-state index contributed by atoms with van der Waals surface area (Å²) in [5, 5.41) is 4.52. The second kappa shape index (κ2) is 20.3. The van der Waals surface area contributed by atoms with Gasteiger partial charge < -0.3 is 0 Å². The van der Waals surface area contributed by atoms with Gasteiger partial charge in [-0.3, -0.25) is 0 Å². The van der Waals surface area contributed by atoms with Gasteiger partial charge in [-0.2, -0.15) is 0 Å². The van der Waals surface area contributed by atoms with Crippen molar-refractivity contribution in [3.8, 4) is 0 Å². The topological polar surface area (TPSA) is 0 Å². The zero-order chi connectivity index (χ0) is 24.1. The quantitative estimate of drug-likeness (QED) is 0.141. The monoisotopic (exact) mass is 500 g/mol. The molecule has 0 saturated heterocycles. The van der Waals surface area contributed by atoms with Gasteiger partial charge in [0.15, 0.2) is 0 Å². The van der Waals surface area contributed by atoms with Crippen LogP contribution in [0.4, 0.5) is 0 Å². The Morgan fingerprint density at radius 2 is 0.794 bits per heavy atom. The predicted molar refractivity (Wildman–Crippen MR) is 159 cm³/mol. The molecule has 0 aliphatic heterocycles. The number of hydrogen-bond donors (Lipinski definition) is 0. The van der Waals surface area contributed by atoms with E-state index in [1.54, 1.807) is 11.1 Å². The Hall–Kier alpha value is -0.860. The summed E-state index contributed by atoms with van der Waals surface area (Å²) in [6, 6.07) is 9.19. The van der Waals surface area contributed by atoms with Crippen LogP contribution in [-0.2, 0) is 0 Å². The zero-order valence-electron chi connectivity index (χ0n) is 22.4. The van der Waals surface area contributed by atoms with Crippen LogP contribution in [0, 0.1) is 0 Å². The predicted octanol–water partition coefficient (Wildman–Crippen LogP) is 12.6. The molecule has 0 atom stereocenters. The van der Waals surface area contributed by atoms with Gasteiger partial charge in [0, 0.05) is 9.75 Å². The average Bonchev–Trinajstić information content (AvgIpc) is 3.57. The van der Waals surface area contributed by atoms with Crippen LogP contribution < -0.4 is 0 Å². The summed E-state index contributed by atoms with van der Waals surface area (Å²) in [6.07, 6.45) is 27.8. The van der Waals surface area contributed by atoms with Crippen molar-refractivity contribution >= 4 is 33.8 Å². The van der Waals surface area contributed by atoms with Crippen LogP contribution in [0.15, 0.2) is 35.0 Å². The normalized spacial score (nSPS) is 12.3. The Balaban J connectivity index is 1.85. The molecule has 2 heteroatoms. The standard InChI is InChI=1S/C32H52S2/c1-3-5-7-9-11-13-15-17-19-23-29(31-25-21-27-33-31)30(32-26-22-28-34-32)24-20-18-16-14-12-10-8-6-4-2/h21-22,25-28H,3-20,23-24H2,1-2H3/b30-29+. The van der Waals surface area contributed by atoms with Crippen LogP contribution in [-0.4, -0.2) is 0 Å². The second-order valence-corrected chi connectivity index (χ2v) is 12.0. The van der Waals surface area contributed by atoms with Crippen LogP contribution in [0.3, 0.4) is 0 Å². The van der Waals surface area contributed by atoms with Crippen LogP contribution >= 0.6 is 22.7 Å². The minimum absolute atomic E-state index is 1.25. The molecule has 192 valence electrons. The van der Waals surface area contributed by atoms with Gasteiger partial charge in [0.2, 0.25) is 0 Å². The molecule has 0 unspecified atom stereocenters. The molecule has 0 aliphatic carbocycles. The first-order chi connectivity index (χ1) is 16.9. The second-order valence-electron chi connectivity index (χ2n) is 10.1. The van der Waals surface area contributed by atoms with Crippen molar-refractivity contribution in [3.05, 3.63) is 44.8 Å². The summed E-state index contributed by atoms with van der Waals surface area (Å²) in [7, 11) is 0. The molecule has 0 radical (unpaired) electrons. The van der Waals surface area contributed by atoms with Crippen LogP contribution in [0.5, 0.6) is 0 Å². The van der Waals surface area contributed by atoms with Crippen molar-refractivity contribution < 1.29 is 0 Å². The minimum Gasteiger partial charge on any atom is -0.144 e. The van der Waals surface area contributed by atoms with Crippen molar-refractivity contribution in [3.63, 3.8) is 0 Å². The maximum absolute atomic E-state index is 2.36. The van der Waals surface area contributed by atoms with E-state index < -0.39 is 0 Å². The lowest BCUT2D eigenvalue weighted by atomic mass is 9.94. The number of thiophene rings is 2. The first-order valence-corrected chi connectivity index (χ1v) is 16.4. The fourth-order valence-corrected chi connectivity index (χ4v) is 6.63. The Morgan fingerprint density at radius 3 is 1.09 bits per heavy atom. The van der Waals surface area contributed by atoms with Gasteiger partial charge in [0.05, 0.1) is 0 Å². The highest BCUT2D eigenvalue weighted by molar-refractivity contribution is 7.12. The summed E-state index contributed by atoms with van der Waals surface area (Å²) in [5.74, 6) is 0. The van der Waals surface area contributed by atoms with E-state index in [4.69, 9.17) is 0 Å². The van der Waals surface area contributed by atoms with E-state index in [1.807, 2.05) is 22.7 Å². The maximum Gasteiger partial charge on any atom is 0.0305 e. The largest absolute Gasteiger partial charge is 0.144 e. The van der Waals surface area contributed by atoms with E-state index >= 15 is 0 Å². The third-order valence-corrected chi connectivity index (χ3v) is 8.92. The summed E-state index contributed by atoms with van der Waals surface area (Å²) in [4.78, 5) is 3.03. The maximum atomic E-state index is 2.36. The number of rotatable bonds is 22. The molecule has 2 rings (SSSR count). The molecule has 2 aromatic rings. The molecule has 0 aromatic carbocycles. The van der Waals surface area contributed by atoms with Gasteiger partial charge in [-0.05, 0) is 59.7 Å². The fraction of sp³-hybridized carbons (Fsp3) is 0.688. The average molecular weight is 501 g/mol. The molecule has 0 amide bonds. The highest BCUT2D eigenvalue weighted by Gasteiger charge is 2.13. The lowest BCUT2D eigenvalue weighted by molar-refractivity contribution is 0.566. The van der Waals surface area contributed by atoms with Crippen LogP contribution in [0.25, 0.3) is 11.1 Å². The summed E-state index contributed by atoms with van der Waals surface area (Å²) in [6.45, 7) is 4.61. The lowest BCUT2D eigenvalue weighted by Crippen LogP contribution is -1.92. The van der Waals surface area contributed by atoms with E-state index in [0.29, 0.717) is 0 Å². The molecule has 0 nitrogen and oxygen atoms in total. The Morgan fingerprint density at radius 1 is 0.471 bits per heavy atom. The molecule has 0 saturated carbocycles. The summed E-state index contributed by atoms with van der Waals surface area (Å²) >= 11 is 3.88. The first-order valence-electron chi connectivity index (χ1n) is 14.7. The lowest BCUT2D eigenvalue weighted by Gasteiger charge is -2.15. The van der Waals surface area contributed by atoms with E-state index in [1.165, 1.54) is 138 Å². The molecule has 2 heterocycles. The summed E-state index contributed by atoms with van der Waals surface area (Å²) in [5.41, 5.74) is 3.31. The highest BCUT2D eigenvalue weighted by atomic mass is 32.1. The van der Waals surface area contributed by atoms with E-state index in [2.05, 4.69) is 48.9 Å². The zero-order valence-corrected chi connectivity index (χ0v) is 24.1. The molecule has 0 bridgehead atoms.